The van der Waals surface area contributed by atoms with E-state index in [1.807, 2.05) is 0 Å². The predicted octanol–water partition coefficient (Wildman–Crippen LogP) is 1.61. The van der Waals surface area contributed by atoms with Crippen molar-refractivity contribution < 1.29 is 4.74 Å². The van der Waals surface area contributed by atoms with Crippen LogP contribution in [-0.4, -0.2) is 43.3 Å². The van der Waals surface area contributed by atoms with Crippen molar-refractivity contribution in [3.63, 3.8) is 0 Å². The number of ether oxygens (including phenoxy) is 1. The molecular weight excluding hydrogens is 200 g/mol. The monoisotopic (exact) mass is 226 g/mol. The molecule has 3 heteroatoms. The maximum atomic E-state index is 5.89. The molecule has 3 nitrogen and oxygen atoms in total. The topological polar surface area (TPSA) is 38.5 Å². The van der Waals surface area contributed by atoms with Gasteiger partial charge in [0.15, 0.2) is 0 Å². The Morgan fingerprint density at radius 3 is 2.75 bits per heavy atom. The van der Waals surface area contributed by atoms with Crippen LogP contribution in [-0.2, 0) is 4.74 Å². The molecule has 2 N–H and O–H groups in total. The molecule has 2 aliphatic rings. The fourth-order valence-electron chi connectivity index (χ4n) is 3.48. The Labute approximate surface area is 99.3 Å². The normalized spacial score (nSPS) is 35.8. The number of nitrogens with two attached hydrogens (primary N) is 1. The molecule has 2 rings (SSSR count). The van der Waals surface area contributed by atoms with Crippen molar-refractivity contribution in [2.45, 2.75) is 51.1 Å². The van der Waals surface area contributed by atoms with Gasteiger partial charge in [0.1, 0.15) is 0 Å². The van der Waals surface area contributed by atoms with E-state index in [-0.39, 0.29) is 0 Å². The van der Waals surface area contributed by atoms with Crippen LogP contribution in [0.25, 0.3) is 0 Å². The molecule has 0 aromatic heterocycles. The van der Waals surface area contributed by atoms with Crippen LogP contribution in [0.4, 0.5) is 0 Å². The lowest BCUT2D eigenvalue weighted by Crippen LogP contribution is -2.49. The van der Waals surface area contributed by atoms with Crippen LogP contribution in [0.1, 0.15) is 39.0 Å². The molecule has 3 atom stereocenters. The van der Waals surface area contributed by atoms with Gasteiger partial charge in [0.05, 0.1) is 6.61 Å². The molecule has 0 spiro atoms. The van der Waals surface area contributed by atoms with Gasteiger partial charge < -0.3 is 10.5 Å². The highest BCUT2D eigenvalue weighted by molar-refractivity contribution is 4.89. The van der Waals surface area contributed by atoms with Crippen LogP contribution < -0.4 is 5.73 Å². The van der Waals surface area contributed by atoms with Crippen molar-refractivity contribution >= 4 is 0 Å². The van der Waals surface area contributed by atoms with E-state index in [0.717, 1.165) is 38.3 Å². The first-order valence-electron chi connectivity index (χ1n) is 6.90. The lowest BCUT2D eigenvalue weighted by molar-refractivity contribution is -0.00427. The molecule has 2 fully saturated rings. The fourth-order valence-corrected chi connectivity index (χ4v) is 3.48. The summed E-state index contributed by atoms with van der Waals surface area (Å²) >= 11 is 0. The standard InChI is InChI=1S/C13H26N2O/c1-2-15(12-6-4-8-16-10-12)13-7-3-5-11(13)9-14/h11-13H,2-10,14H2,1H3. The summed E-state index contributed by atoms with van der Waals surface area (Å²) in [7, 11) is 0. The minimum atomic E-state index is 0.649. The Kier molecular flexibility index (Phi) is 4.62. The molecule has 1 saturated carbocycles. The molecule has 16 heavy (non-hydrogen) atoms. The van der Waals surface area contributed by atoms with Crippen LogP contribution in [0, 0.1) is 5.92 Å². The maximum Gasteiger partial charge on any atom is 0.0621 e. The highest BCUT2D eigenvalue weighted by atomic mass is 16.5. The molecular formula is C13H26N2O. The van der Waals surface area contributed by atoms with Crippen molar-refractivity contribution in [1.29, 1.82) is 0 Å². The third-order valence-electron chi connectivity index (χ3n) is 4.32. The Hall–Kier alpha value is -0.120. The van der Waals surface area contributed by atoms with Crippen molar-refractivity contribution in [1.82, 2.24) is 4.90 Å². The zero-order chi connectivity index (χ0) is 11.4. The number of rotatable bonds is 4. The van der Waals surface area contributed by atoms with Gasteiger partial charge in [-0.1, -0.05) is 13.3 Å². The van der Waals surface area contributed by atoms with Gasteiger partial charge in [-0.25, -0.2) is 0 Å². The van der Waals surface area contributed by atoms with Crippen LogP contribution in [0.15, 0.2) is 0 Å². The summed E-state index contributed by atoms with van der Waals surface area (Å²) in [6, 6.07) is 1.37. The summed E-state index contributed by atoms with van der Waals surface area (Å²) in [6.45, 7) is 6.17. The summed E-state index contributed by atoms with van der Waals surface area (Å²) in [5, 5.41) is 0. The molecule has 0 aromatic carbocycles. The smallest absolute Gasteiger partial charge is 0.0621 e. The SMILES string of the molecule is CCN(C1CCCOC1)C1CCCC1CN. The van der Waals surface area contributed by atoms with Gasteiger partial charge in [0, 0.05) is 18.7 Å². The van der Waals surface area contributed by atoms with Crippen molar-refractivity contribution in [2.24, 2.45) is 11.7 Å². The molecule has 0 aromatic rings. The lowest BCUT2D eigenvalue weighted by Gasteiger charge is -2.39. The van der Waals surface area contributed by atoms with Crippen LogP contribution in [0.3, 0.4) is 0 Å². The largest absolute Gasteiger partial charge is 0.380 e. The number of hydrogen-bond acceptors (Lipinski definition) is 3. The second kappa shape index (κ2) is 5.99. The van der Waals surface area contributed by atoms with Gasteiger partial charge >= 0.3 is 0 Å². The molecule has 1 saturated heterocycles. The first-order chi connectivity index (χ1) is 7.86. The highest BCUT2D eigenvalue weighted by Crippen LogP contribution is 2.31. The Balaban J connectivity index is 1.97. The first-order valence-corrected chi connectivity index (χ1v) is 6.90. The third-order valence-corrected chi connectivity index (χ3v) is 4.32. The molecule has 3 unspecified atom stereocenters. The zero-order valence-corrected chi connectivity index (χ0v) is 10.5. The molecule has 0 bridgehead atoms. The van der Waals surface area contributed by atoms with E-state index < -0.39 is 0 Å². The minimum absolute atomic E-state index is 0.649. The maximum absolute atomic E-state index is 5.89. The van der Waals surface area contributed by atoms with E-state index in [1.54, 1.807) is 0 Å². The van der Waals surface area contributed by atoms with Gasteiger partial charge in [-0.3, -0.25) is 4.90 Å². The Morgan fingerprint density at radius 1 is 1.25 bits per heavy atom. The Morgan fingerprint density at radius 2 is 2.12 bits per heavy atom. The summed E-state index contributed by atoms with van der Waals surface area (Å²) in [4.78, 5) is 2.67. The first kappa shape index (κ1) is 12.3. The Bertz CT molecular complexity index is 204. The quantitative estimate of drug-likeness (QED) is 0.791. The van der Waals surface area contributed by atoms with Gasteiger partial charge in [-0.2, -0.15) is 0 Å². The molecule has 1 aliphatic heterocycles. The number of hydrogen-bond donors (Lipinski definition) is 1. The van der Waals surface area contributed by atoms with Crippen LogP contribution in [0.2, 0.25) is 0 Å². The van der Waals surface area contributed by atoms with Gasteiger partial charge in [-0.05, 0) is 44.7 Å². The van der Waals surface area contributed by atoms with Crippen molar-refractivity contribution in [3.05, 3.63) is 0 Å². The second-order valence-corrected chi connectivity index (χ2v) is 5.20. The summed E-state index contributed by atoms with van der Waals surface area (Å²) in [5.74, 6) is 0.724. The molecule has 1 aliphatic carbocycles. The van der Waals surface area contributed by atoms with Crippen LogP contribution in [0.5, 0.6) is 0 Å². The summed E-state index contributed by atoms with van der Waals surface area (Å²) < 4.78 is 5.62. The predicted molar refractivity (Wildman–Crippen MR) is 66.4 cm³/mol. The average molecular weight is 226 g/mol. The van der Waals surface area contributed by atoms with E-state index in [4.69, 9.17) is 10.5 Å². The summed E-state index contributed by atoms with van der Waals surface area (Å²) in [6.07, 6.45) is 6.55. The molecule has 94 valence electrons. The van der Waals surface area contributed by atoms with E-state index in [9.17, 15) is 0 Å². The van der Waals surface area contributed by atoms with Gasteiger partial charge in [0.25, 0.3) is 0 Å². The molecule has 1 heterocycles. The van der Waals surface area contributed by atoms with Gasteiger partial charge in [0.2, 0.25) is 0 Å². The van der Waals surface area contributed by atoms with E-state index in [2.05, 4.69) is 11.8 Å². The molecule has 0 radical (unpaired) electrons. The van der Waals surface area contributed by atoms with E-state index in [0.29, 0.717) is 6.04 Å². The zero-order valence-electron chi connectivity index (χ0n) is 10.5. The fraction of sp³-hybridized carbons (Fsp3) is 1.00. The third kappa shape index (κ3) is 2.58. The van der Waals surface area contributed by atoms with E-state index >= 15 is 0 Å². The second-order valence-electron chi connectivity index (χ2n) is 5.20. The van der Waals surface area contributed by atoms with Crippen LogP contribution >= 0.6 is 0 Å². The minimum Gasteiger partial charge on any atom is -0.380 e. The highest BCUT2D eigenvalue weighted by Gasteiger charge is 2.34. The van der Waals surface area contributed by atoms with E-state index in [1.165, 1.54) is 32.1 Å². The van der Waals surface area contributed by atoms with Crippen molar-refractivity contribution in [2.75, 3.05) is 26.3 Å². The lowest BCUT2D eigenvalue weighted by atomic mass is 9.98. The van der Waals surface area contributed by atoms with Crippen molar-refractivity contribution in [3.8, 4) is 0 Å². The summed E-state index contributed by atoms with van der Waals surface area (Å²) in [5.41, 5.74) is 5.89. The van der Waals surface area contributed by atoms with Gasteiger partial charge in [-0.15, -0.1) is 0 Å². The number of nitrogens with zero attached hydrogens (tertiary/aromatic N) is 1. The number of likely N-dealkylation sites (N-methyl/N-ethyl adjacent to an activating group) is 1. The average Bonchev–Trinajstić information content (AvgIpc) is 2.80. The molecule has 0 amide bonds.